The van der Waals surface area contributed by atoms with Crippen molar-refractivity contribution in [3.05, 3.63) is 53.0 Å². The standard InChI is InChI=1S/C16H17BrO5S2/c1-23(18,19)11-2-12-24(20,21)22-16-9-5-14(6-10-16)13-3-7-15(17)8-4-13/h3-10H,2,11-12H2,1H3. The molecule has 0 saturated heterocycles. The van der Waals surface area contributed by atoms with Crippen molar-refractivity contribution in [3.63, 3.8) is 0 Å². The summed E-state index contributed by atoms with van der Waals surface area (Å²) in [4.78, 5) is 0. The summed E-state index contributed by atoms with van der Waals surface area (Å²) in [6.07, 6.45) is 1.08. The summed E-state index contributed by atoms with van der Waals surface area (Å²) >= 11 is 3.37. The summed E-state index contributed by atoms with van der Waals surface area (Å²) in [5.74, 6) is -0.317. The summed E-state index contributed by atoms with van der Waals surface area (Å²) in [6, 6.07) is 14.4. The van der Waals surface area contributed by atoms with Crippen LogP contribution in [0.3, 0.4) is 0 Å². The van der Waals surface area contributed by atoms with Gasteiger partial charge in [0.1, 0.15) is 15.6 Å². The van der Waals surface area contributed by atoms with Gasteiger partial charge >= 0.3 is 10.1 Å². The number of benzene rings is 2. The van der Waals surface area contributed by atoms with E-state index in [2.05, 4.69) is 15.9 Å². The van der Waals surface area contributed by atoms with E-state index in [1.54, 1.807) is 24.3 Å². The van der Waals surface area contributed by atoms with Crippen molar-refractivity contribution in [2.75, 3.05) is 17.8 Å². The summed E-state index contributed by atoms with van der Waals surface area (Å²) in [7, 11) is -6.99. The van der Waals surface area contributed by atoms with Crippen LogP contribution in [0.5, 0.6) is 5.75 Å². The first-order valence-corrected chi connectivity index (χ1v) is 11.5. The van der Waals surface area contributed by atoms with E-state index in [0.717, 1.165) is 21.9 Å². The van der Waals surface area contributed by atoms with Crippen LogP contribution in [0.2, 0.25) is 0 Å². The molecule has 0 aliphatic heterocycles. The Morgan fingerprint density at radius 3 is 1.83 bits per heavy atom. The van der Waals surface area contributed by atoms with Gasteiger partial charge in [-0.1, -0.05) is 40.2 Å². The number of rotatable bonds is 7. The molecule has 0 unspecified atom stereocenters. The highest BCUT2D eigenvalue weighted by Gasteiger charge is 2.14. The van der Waals surface area contributed by atoms with Gasteiger partial charge in [-0.25, -0.2) is 8.42 Å². The molecule has 0 fully saturated rings. The van der Waals surface area contributed by atoms with Gasteiger partial charge in [0.05, 0.1) is 11.5 Å². The average Bonchev–Trinajstić information content (AvgIpc) is 2.47. The van der Waals surface area contributed by atoms with Gasteiger partial charge in [-0.2, -0.15) is 8.42 Å². The van der Waals surface area contributed by atoms with Gasteiger partial charge in [0.25, 0.3) is 0 Å². The monoisotopic (exact) mass is 432 g/mol. The van der Waals surface area contributed by atoms with E-state index in [1.165, 1.54) is 0 Å². The predicted molar refractivity (Wildman–Crippen MR) is 98.3 cm³/mol. The Balaban J connectivity index is 2.01. The molecule has 0 saturated carbocycles. The van der Waals surface area contributed by atoms with Crippen molar-refractivity contribution in [2.45, 2.75) is 6.42 Å². The van der Waals surface area contributed by atoms with Gasteiger partial charge in [0, 0.05) is 10.7 Å². The molecule has 0 atom stereocenters. The molecule has 0 radical (unpaired) electrons. The maximum Gasteiger partial charge on any atom is 0.309 e. The van der Waals surface area contributed by atoms with Crippen molar-refractivity contribution in [1.82, 2.24) is 0 Å². The molecular formula is C16H17BrO5S2. The van der Waals surface area contributed by atoms with Crippen molar-refractivity contribution in [2.24, 2.45) is 0 Å². The third-order valence-electron chi connectivity index (χ3n) is 3.16. The number of sulfone groups is 1. The zero-order chi connectivity index (χ0) is 17.8. The minimum absolute atomic E-state index is 0.0120. The minimum Gasteiger partial charge on any atom is -0.382 e. The van der Waals surface area contributed by atoms with E-state index in [4.69, 9.17) is 4.18 Å². The second-order valence-electron chi connectivity index (χ2n) is 5.36. The lowest BCUT2D eigenvalue weighted by Gasteiger charge is -2.08. The van der Waals surface area contributed by atoms with Gasteiger partial charge in [-0.05, 0) is 41.8 Å². The molecule has 24 heavy (non-hydrogen) atoms. The highest BCUT2D eigenvalue weighted by Crippen LogP contribution is 2.24. The third kappa shape index (κ3) is 6.26. The largest absolute Gasteiger partial charge is 0.382 e. The highest BCUT2D eigenvalue weighted by atomic mass is 79.9. The van der Waals surface area contributed by atoms with Crippen molar-refractivity contribution in [1.29, 1.82) is 0 Å². The lowest BCUT2D eigenvalue weighted by atomic mass is 10.1. The van der Waals surface area contributed by atoms with Crippen molar-refractivity contribution >= 4 is 35.9 Å². The zero-order valence-electron chi connectivity index (χ0n) is 13.0. The van der Waals surface area contributed by atoms with Gasteiger partial charge in [0.2, 0.25) is 0 Å². The summed E-state index contributed by atoms with van der Waals surface area (Å²) < 4.78 is 51.7. The van der Waals surface area contributed by atoms with Crippen molar-refractivity contribution in [3.8, 4) is 16.9 Å². The molecule has 0 amide bonds. The van der Waals surface area contributed by atoms with Crippen LogP contribution in [-0.4, -0.2) is 34.6 Å². The Hall–Kier alpha value is -1.38. The van der Waals surface area contributed by atoms with E-state index in [-0.39, 0.29) is 23.7 Å². The average molecular weight is 433 g/mol. The molecule has 2 aromatic carbocycles. The van der Waals surface area contributed by atoms with E-state index in [1.807, 2.05) is 24.3 Å². The van der Waals surface area contributed by atoms with Crippen LogP contribution in [-0.2, 0) is 20.0 Å². The normalized spacial score (nSPS) is 12.1. The Bertz CT molecular complexity index is 886. The summed E-state index contributed by atoms with van der Waals surface area (Å²) in [6.45, 7) is 0. The molecular weight excluding hydrogens is 416 g/mol. The minimum atomic E-state index is -3.81. The second-order valence-corrected chi connectivity index (χ2v) is 10.2. The maximum absolute atomic E-state index is 11.9. The molecule has 0 heterocycles. The molecule has 5 nitrogen and oxygen atoms in total. The zero-order valence-corrected chi connectivity index (χ0v) is 16.2. The topological polar surface area (TPSA) is 77.5 Å². The molecule has 2 aromatic rings. The van der Waals surface area contributed by atoms with E-state index in [0.29, 0.717) is 0 Å². The van der Waals surface area contributed by atoms with Gasteiger partial charge < -0.3 is 4.18 Å². The van der Waals surface area contributed by atoms with Crippen LogP contribution in [0, 0.1) is 0 Å². The van der Waals surface area contributed by atoms with Crippen LogP contribution >= 0.6 is 15.9 Å². The quantitative estimate of drug-likeness (QED) is 0.627. The fraction of sp³-hybridized carbons (Fsp3) is 0.250. The Kier molecular flexibility index (Phi) is 6.06. The Morgan fingerprint density at radius 2 is 1.33 bits per heavy atom. The molecule has 8 heteroatoms. The lowest BCUT2D eigenvalue weighted by Crippen LogP contribution is -2.16. The summed E-state index contributed by atoms with van der Waals surface area (Å²) in [5, 5.41) is 0. The maximum atomic E-state index is 11.9. The van der Waals surface area contributed by atoms with Gasteiger partial charge in [-0.15, -0.1) is 0 Å². The first-order chi connectivity index (χ1) is 11.1. The molecule has 0 N–H and O–H groups in total. The first-order valence-electron chi connectivity index (χ1n) is 7.10. The molecule has 2 rings (SSSR count). The summed E-state index contributed by atoms with van der Waals surface area (Å²) in [5.41, 5.74) is 1.94. The van der Waals surface area contributed by atoms with Gasteiger partial charge in [-0.3, -0.25) is 0 Å². The second kappa shape index (κ2) is 7.67. The molecule has 0 aliphatic rings. The molecule has 130 valence electrons. The van der Waals surface area contributed by atoms with E-state index in [9.17, 15) is 16.8 Å². The fourth-order valence-electron chi connectivity index (χ4n) is 2.03. The number of hydrogen-bond donors (Lipinski definition) is 0. The highest BCUT2D eigenvalue weighted by molar-refractivity contribution is 9.10. The first kappa shape index (κ1) is 19.0. The van der Waals surface area contributed by atoms with E-state index >= 15 is 0 Å². The molecule has 0 aromatic heterocycles. The fourth-order valence-corrected chi connectivity index (χ4v) is 4.13. The molecule has 0 aliphatic carbocycles. The smallest absolute Gasteiger partial charge is 0.309 e. The number of halogens is 1. The van der Waals surface area contributed by atoms with Crippen molar-refractivity contribution < 1.29 is 21.0 Å². The van der Waals surface area contributed by atoms with Crippen LogP contribution < -0.4 is 4.18 Å². The van der Waals surface area contributed by atoms with Crippen LogP contribution in [0.4, 0.5) is 0 Å². The Labute approximate surface area is 150 Å². The predicted octanol–water partition coefficient (Wildman–Crippen LogP) is 3.26. The SMILES string of the molecule is CS(=O)(=O)CCCS(=O)(=O)Oc1ccc(-c2ccc(Br)cc2)cc1. The molecule has 0 bridgehead atoms. The van der Waals surface area contributed by atoms with Crippen LogP contribution in [0.25, 0.3) is 11.1 Å². The van der Waals surface area contributed by atoms with Gasteiger partial charge in [0.15, 0.2) is 0 Å². The lowest BCUT2D eigenvalue weighted by molar-refractivity contribution is 0.485. The Morgan fingerprint density at radius 1 is 0.833 bits per heavy atom. The van der Waals surface area contributed by atoms with Crippen LogP contribution in [0.1, 0.15) is 6.42 Å². The number of hydrogen-bond acceptors (Lipinski definition) is 5. The van der Waals surface area contributed by atoms with E-state index < -0.39 is 20.0 Å². The third-order valence-corrected chi connectivity index (χ3v) is 5.96. The van der Waals surface area contributed by atoms with Crippen LogP contribution in [0.15, 0.2) is 53.0 Å². The molecule has 0 spiro atoms.